The van der Waals surface area contributed by atoms with Crippen molar-refractivity contribution >= 4 is 0 Å². The third kappa shape index (κ3) is 3.41. The van der Waals surface area contributed by atoms with Gasteiger partial charge in [-0.1, -0.05) is 31.4 Å². The lowest BCUT2D eigenvalue weighted by Crippen LogP contribution is -2.47. The summed E-state index contributed by atoms with van der Waals surface area (Å²) in [6, 6.07) is 6.62. The molecule has 1 heterocycles. The first kappa shape index (κ1) is 14.9. The highest BCUT2D eigenvalue weighted by Gasteiger charge is 2.32. The van der Waals surface area contributed by atoms with E-state index in [0.717, 1.165) is 37.3 Å². The minimum atomic E-state index is 0.396. The smallest absolute Gasteiger partial charge is 0.120 e. The Labute approximate surface area is 128 Å². The summed E-state index contributed by atoms with van der Waals surface area (Å²) in [4.78, 5) is 2.59. The second kappa shape index (κ2) is 6.80. The fraction of sp³-hybridized carbons (Fsp3) is 0.667. The number of phenolic OH excluding ortho intramolecular Hbond substituents is 1. The van der Waals surface area contributed by atoms with E-state index in [1.165, 1.54) is 32.1 Å². The average molecular weight is 288 g/mol. The average Bonchev–Trinajstić information content (AvgIpc) is 2.52. The molecule has 0 aromatic heterocycles. The molecule has 1 saturated carbocycles. The van der Waals surface area contributed by atoms with Gasteiger partial charge in [0.25, 0.3) is 0 Å². The van der Waals surface area contributed by atoms with Crippen LogP contribution in [0.15, 0.2) is 18.2 Å². The van der Waals surface area contributed by atoms with Crippen molar-refractivity contribution in [2.24, 2.45) is 5.92 Å². The Kier molecular flexibility index (Phi) is 4.81. The third-order valence-electron chi connectivity index (χ3n) is 5.15. The van der Waals surface area contributed by atoms with Crippen LogP contribution in [0, 0.1) is 12.8 Å². The van der Waals surface area contributed by atoms with Crippen LogP contribution < -0.4 is 5.32 Å². The molecule has 1 aromatic carbocycles. The Morgan fingerprint density at radius 3 is 2.52 bits per heavy atom. The summed E-state index contributed by atoms with van der Waals surface area (Å²) in [6.45, 7) is 6.36. The van der Waals surface area contributed by atoms with Gasteiger partial charge in [-0.2, -0.15) is 0 Å². The molecule has 1 aliphatic heterocycles. The van der Waals surface area contributed by atoms with Crippen LogP contribution >= 0.6 is 0 Å². The summed E-state index contributed by atoms with van der Waals surface area (Å²) >= 11 is 0. The summed E-state index contributed by atoms with van der Waals surface area (Å²) in [7, 11) is 0. The monoisotopic (exact) mass is 288 g/mol. The minimum absolute atomic E-state index is 0.396. The lowest BCUT2D eigenvalue weighted by molar-refractivity contribution is 0.101. The van der Waals surface area contributed by atoms with Gasteiger partial charge >= 0.3 is 0 Å². The molecule has 0 spiro atoms. The topological polar surface area (TPSA) is 35.5 Å². The van der Waals surface area contributed by atoms with Crippen LogP contribution in [-0.2, 0) is 0 Å². The summed E-state index contributed by atoms with van der Waals surface area (Å²) in [5.41, 5.74) is 2.29. The fourth-order valence-electron chi connectivity index (χ4n) is 4.06. The Morgan fingerprint density at radius 1 is 1.14 bits per heavy atom. The molecule has 3 nitrogen and oxygen atoms in total. The third-order valence-corrected chi connectivity index (χ3v) is 5.15. The number of piperazine rings is 1. The van der Waals surface area contributed by atoms with E-state index < -0.39 is 0 Å². The highest BCUT2D eigenvalue weighted by atomic mass is 16.3. The van der Waals surface area contributed by atoms with Crippen LogP contribution in [0.5, 0.6) is 5.75 Å². The normalized spacial score (nSPS) is 23.1. The van der Waals surface area contributed by atoms with Crippen LogP contribution in [0.3, 0.4) is 0 Å². The van der Waals surface area contributed by atoms with Gasteiger partial charge < -0.3 is 10.4 Å². The first-order chi connectivity index (χ1) is 10.3. The second-order valence-electron chi connectivity index (χ2n) is 6.69. The summed E-state index contributed by atoms with van der Waals surface area (Å²) in [6.07, 6.45) is 6.69. The van der Waals surface area contributed by atoms with E-state index in [9.17, 15) is 5.11 Å². The first-order valence-electron chi connectivity index (χ1n) is 8.50. The standard InChI is InChI=1S/C18H28N2O/c1-14-7-8-16(17(21)13-14)18(15-5-3-2-4-6-15)20-11-9-19-10-12-20/h7-8,13,15,18-19,21H,2-6,9-12H2,1H3/t18-/m1/s1. The molecular weight excluding hydrogens is 260 g/mol. The Morgan fingerprint density at radius 2 is 1.86 bits per heavy atom. The predicted octanol–water partition coefficient (Wildman–Crippen LogP) is 3.23. The van der Waals surface area contributed by atoms with E-state index in [4.69, 9.17) is 0 Å². The van der Waals surface area contributed by atoms with E-state index in [0.29, 0.717) is 17.7 Å². The molecule has 3 heteroatoms. The molecule has 1 saturated heterocycles. The van der Waals surface area contributed by atoms with Crippen LogP contribution in [-0.4, -0.2) is 36.2 Å². The molecule has 2 N–H and O–H groups in total. The highest BCUT2D eigenvalue weighted by molar-refractivity contribution is 5.38. The van der Waals surface area contributed by atoms with Gasteiger partial charge in [0.05, 0.1) is 0 Å². The molecule has 116 valence electrons. The van der Waals surface area contributed by atoms with Crippen LogP contribution in [0.4, 0.5) is 0 Å². The highest BCUT2D eigenvalue weighted by Crippen LogP contribution is 2.41. The molecule has 21 heavy (non-hydrogen) atoms. The molecule has 0 amide bonds. The molecule has 0 radical (unpaired) electrons. The predicted molar refractivity (Wildman–Crippen MR) is 86.6 cm³/mol. The zero-order valence-electron chi connectivity index (χ0n) is 13.1. The quantitative estimate of drug-likeness (QED) is 0.896. The van der Waals surface area contributed by atoms with E-state index in [2.05, 4.69) is 22.3 Å². The van der Waals surface area contributed by atoms with Gasteiger partial charge in [-0.05, 0) is 37.3 Å². The molecular formula is C18H28N2O. The zero-order valence-corrected chi connectivity index (χ0v) is 13.1. The van der Waals surface area contributed by atoms with Crippen molar-refractivity contribution in [2.45, 2.75) is 45.1 Å². The molecule has 1 atom stereocenters. The van der Waals surface area contributed by atoms with Gasteiger partial charge in [0, 0.05) is 37.8 Å². The van der Waals surface area contributed by atoms with Gasteiger partial charge in [0.2, 0.25) is 0 Å². The van der Waals surface area contributed by atoms with Gasteiger partial charge in [-0.15, -0.1) is 0 Å². The Hall–Kier alpha value is -1.06. The number of nitrogens with zero attached hydrogens (tertiary/aromatic N) is 1. The Balaban J connectivity index is 1.89. The maximum atomic E-state index is 10.5. The SMILES string of the molecule is Cc1ccc([C@@H](C2CCCCC2)N2CCNCC2)c(O)c1. The largest absolute Gasteiger partial charge is 0.508 e. The maximum absolute atomic E-state index is 10.5. The van der Waals surface area contributed by atoms with E-state index >= 15 is 0 Å². The van der Waals surface area contributed by atoms with E-state index in [1.54, 1.807) is 0 Å². The van der Waals surface area contributed by atoms with Crippen molar-refractivity contribution in [3.8, 4) is 5.75 Å². The summed E-state index contributed by atoms with van der Waals surface area (Å²) in [5.74, 6) is 1.19. The molecule has 1 aliphatic carbocycles. The lowest BCUT2D eigenvalue weighted by atomic mass is 9.79. The maximum Gasteiger partial charge on any atom is 0.120 e. The summed E-state index contributed by atoms with van der Waals surface area (Å²) < 4.78 is 0. The van der Waals surface area contributed by atoms with Crippen molar-refractivity contribution in [3.05, 3.63) is 29.3 Å². The number of aromatic hydroxyl groups is 1. The van der Waals surface area contributed by atoms with Crippen molar-refractivity contribution in [1.82, 2.24) is 10.2 Å². The number of hydrogen-bond acceptors (Lipinski definition) is 3. The molecule has 2 fully saturated rings. The second-order valence-corrected chi connectivity index (χ2v) is 6.69. The number of benzene rings is 1. The van der Waals surface area contributed by atoms with Gasteiger partial charge in [-0.25, -0.2) is 0 Å². The van der Waals surface area contributed by atoms with Gasteiger partial charge in [-0.3, -0.25) is 4.90 Å². The zero-order chi connectivity index (χ0) is 14.7. The van der Waals surface area contributed by atoms with Gasteiger partial charge in [0.1, 0.15) is 5.75 Å². The lowest BCUT2D eigenvalue weighted by Gasteiger charge is -2.41. The molecule has 2 aliphatic rings. The minimum Gasteiger partial charge on any atom is -0.508 e. The number of aryl methyl sites for hydroxylation is 1. The van der Waals surface area contributed by atoms with E-state index in [-0.39, 0.29) is 0 Å². The first-order valence-corrected chi connectivity index (χ1v) is 8.50. The van der Waals surface area contributed by atoms with Crippen molar-refractivity contribution in [2.75, 3.05) is 26.2 Å². The molecule has 0 unspecified atom stereocenters. The number of phenols is 1. The Bertz CT molecular complexity index is 444. The van der Waals surface area contributed by atoms with Crippen LogP contribution in [0.25, 0.3) is 0 Å². The molecule has 0 bridgehead atoms. The number of rotatable bonds is 3. The van der Waals surface area contributed by atoms with Gasteiger partial charge in [0.15, 0.2) is 0 Å². The number of hydrogen-bond donors (Lipinski definition) is 2. The van der Waals surface area contributed by atoms with Crippen LogP contribution in [0.1, 0.15) is 49.3 Å². The molecule has 3 rings (SSSR count). The van der Waals surface area contributed by atoms with Crippen molar-refractivity contribution in [1.29, 1.82) is 0 Å². The van der Waals surface area contributed by atoms with Crippen LogP contribution in [0.2, 0.25) is 0 Å². The van der Waals surface area contributed by atoms with E-state index in [1.807, 2.05) is 13.0 Å². The van der Waals surface area contributed by atoms with Crippen molar-refractivity contribution < 1.29 is 5.11 Å². The molecule has 1 aromatic rings. The van der Waals surface area contributed by atoms with Crippen molar-refractivity contribution in [3.63, 3.8) is 0 Å². The number of nitrogens with one attached hydrogen (secondary N) is 1. The summed E-state index contributed by atoms with van der Waals surface area (Å²) in [5, 5.41) is 13.9. The fourth-order valence-corrected chi connectivity index (χ4v) is 4.06.